The van der Waals surface area contributed by atoms with Gasteiger partial charge in [0.15, 0.2) is 0 Å². The summed E-state index contributed by atoms with van der Waals surface area (Å²) in [5.74, 6) is 0.862. The van der Waals surface area contributed by atoms with E-state index in [0.29, 0.717) is 30.0 Å². The summed E-state index contributed by atoms with van der Waals surface area (Å²) in [6.07, 6.45) is 3.58. The molecule has 3 atom stereocenters. The number of fused-ring (bicyclic) bond motifs is 1. The van der Waals surface area contributed by atoms with Crippen LogP contribution in [0.4, 0.5) is 4.39 Å². The number of nitrogens with two attached hydrogens (primary N) is 1. The van der Waals surface area contributed by atoms with Crippen molar-refractivity contribution >= 4 is 0 Å². The molecule has 3 rings (SSSR count). The second-order valence-corrected chi connectivity index (χ2v) is 6.10. The van der Waals surface area contributed by atoms with E-state index in [2.05, 4.69) is 4.90 Å². The zero-order chi connectivity index (χ0) is 14.1. The van der Waals surface area contributed by atoms with Crippen LogP contribution in [0.5, 0.6) is 0 Å². The first-order valence-corrected chi connectivity index (χ1v) is 7.34. The van der Waals surface area contributed by atoms with E-state index in [1.807, 2.05) is 6.07 Å². The Kier molecular flexibility index (Phi) is 3.73. The van der Waals surface area contributed by atoms with Crippen molar-refractivity contribution in [2.45, 2.75) is 31.8 Å². The highest BCUT2D eigenvalue weighted by Crippen LogP contribution is 2.36. The first-order valence-electron chi connectivity index (χ1n) is 7.34. The molecule has 20 heavy (non-hydrogen) atoms. The summed E-state index contributed by atoms with van der Waals surface area (Å²) in [5.41, 5.74) is 6.96. The van der Waals surface area contributed by atoms with E-state index in [0.717, 1.165) is 19.5 Å². The average Bonchev–Trinajstić information content (AvgIpc) is 2.85. The van der Waals surface area contributed by atoms with Gasteiger partial charge in [0.2, 0.25) is 0 Å². The van der Waals surface area contributed by atoms with Crippen molar-refractivity contribution in [2.24, 2.45) is 17.6 Å². The van der Waals surface area contributed by atoms with Gasteiger partial charge >= 0.3 is 0 Å². The molecule has 106 valence electrons. The van der Waals surface area contributed by atoms with Gasteiger partial charge in [-0.25, -0.2) is 4.39 Å². The third-order valence-corrected chi connectivity index (χ3v) is 4.82. The van der Waals surface area contributed by atoms with E-state index in [9.17, 15) is 4.39 Å². The Morgan fingerprint density at radius 3 is 2.95 bits per heavy atom. The summed E-state index contributed by atoms with van der Waals surface area (Å²) in [6.45, 7) is 2.55. The highest BCUT2D eigenvalue weighted by atomic mass is 19.1. The fourth-order valence-corrected chi connectivity index (χ4v) is 3.77. The second-order valence-electron chi connectivity index (χ2n) is 6.10. The van der Waals surface area contributed by atoms with Crippen LogP contribution in [-0.2, 0) is 6.54 Å². The van der Waals surface area contributed by atoms with Crippen LogP contribution < -0.4 is 5.73 Å². The number of hydrogen-bond donors (Lipinski definition) is 1. The third-order valence-electron chi connectivity index (χ3n) is 4.82. The fourth-order valence-electron chi connectivity index (χ4n) is 3.77. The maximum atomic E-state index is 14.1. The van der Waals surface area contributed by atoms with Crippen LogP contribution in [-0.4, -0.2) is 24.0 Å². The number of nitrogens with zero attached hydrogens (tertiary/aromatic N) is 2. The van der Waals surface area contributed by atoms with Gasteiger partial charge in [0.25, 0.3) is 0 Å². The number of nitriles is 1. The van der Waals surface area contributed by atoms with Gasteiger partial charge in [-0.3, -0.25) is 4.90 Å². The molecule has 0 bridgehead atoms. The molecule has 1 heterocycles. The molecule has 2 N–H and O–H groups in total. The summed E-state index contributed by atoms with van der Waals surface area (Å²) in [7, 11) is 0. The molecule has 2 fully saturated rings. The van der Waals surface area contributed by atoms with Crippen LogP contribution in [0.3, 0.4) is 0 Å². The maximum absolute atomic E-state index is 14.1. The van der Waals surface area contributed by atoms with Crippen molar-refractivity contribution in [3.63, 3.8) is 0 Å². The SMILES string of the molecule is N#Cc1cccc(CN2CC3CCCC(N)C3C2)c1F. The molecular formula is C16H20FN3. The van der Waals surface area contributed by atoms with Crippen molar-refractivity contribution in [3.05, 3.63) is 35.1 Å². The van der Waals surface area contributed by atoms with Crippen LogP contribution in [0.2, 0.25) is 0 Å². The lowest BCUT2D eigenvalue weighted by Gasteiger charge is -2.29. The zero-order valence-corrected chi connectivity index (χ0v) is 11.6. The number of likely N-dealkylation sites (tertiary alicyclic amines) is 1. The second kappa shape index (κ2) is 5.51. The Bertz CT molecular complexity index is 537. The molecule has 1 saturated heterocycles. The molecule has 4 heteroatoms. The Morgan fingerprint density at radius 1 is 1.35 bits per heavy atom. The van der Waals surface area contributed by atoms with Crippen molar-refractivity contribution in [3.8, 4) is 6.07 Å². The number of hydrogen-bond acceptors (Lipinski definition) is 3. The molecule has 1 aromatic carbocycles. The van der Waals surface area contributed by atoms with Gasteiger partial charge in [0.05, 0.1) is 5.56 Å². The lowest BCUT2D eigenvalue weighted by Crippen LogP contribution is -2.38. The molecule has 1 aromatic rings. The number of halogens is 1. The first kappa shape index (κ1) is 13.5. The molecule has 1 aliphatic heterocycles. The summed E-state index contributed by atoms with van der Waals surface area (Å²) in [5, 5.41) is 8.89. The Balaban J connectivity index is 1.72. The van der Waals surface area contributed by atoms with Crippen LogP contribution in [0, 0.1) is 29.0 Å². The summed E-state index contributed by atoms with van der Waals surface area (Å²) >= 11 is 0. The largest absolute Gasteiger partial charge is 0.327 e. The highest BCUT2D eigenvalue weighted by Gasteiger charge is 2.38. The Labute approximate surface area is 119 Å². The van der Waals surface area contributed by atoms with E-state index in [4.69, 9.17) is 11.0 Å². The maximum Gasteiger partial charge on any atom is 0.145 e. The van der Waals surface area contributed by atoms with Gasteiger partial charge in [-0.2, -0.15) is 5.26 Å². The van der Waals surface area contributed by atoms with Crippen LogP contribution in [0.15, 0.2) is 18.2 Å². The molecule has 2 aliphatic rings. The highest BCUT2D eigenvalue weighted by molar-refractivity contribution is 5.35. The predicted octanol–water partition coefficient (Wildman–Crippen LogP) is 2.26. The van der Waals surface area contributed by atoms with E-state index in [1.54, 1.807) is 12.1 Å². The molecule has 0 aromatic heterocycles. The first-order chi connectivity index (χ1) is 9.69. The minimum absolute atomic E-state index is 0.135. The lowest BCUT2D eigenvalue weighted by molar-refractivity contribution is 0.259. The number of benzene rings is 1. The summed E-state index contributed by atoms with van der Waals surface area (Å²) in [6, 6.07) is 7.26. The normalized spacial score (nSPS) is 29.9. The molecule has 3 nitrogen and oxygen atoms in total. The molecule has 0 amide bonds. The van der Waals surface area contributed by atoms with Gasteiger partial charge in [-0.15, -0.1) is 0 Å². The minimum Gasteiger partial charge on any atom is -0.327 e. The van der Waals surface area contributed by atoms with E-state index in [1.165, 1.54) is 18.9 Å². The third kappa shape index (κ3) is 2.44. The molecule has 0 radical (unpaired) electrons. The smallest absolute Gasteiger partial charge is 0.145 e. The number of rotatable bonds is 2. The van der Waals surface area contributed by atoms with Crippen molar-refractivity contribution in [1.29, 1.82) is 5.26 Å². The monoisotopic (exact) mass is 273 g/mol. The molecule has 0 spiro atoms. The van der Waals surface area contributed by atoms with E-state index >= 15 is 0 Å². The molecule has 1 saturated carbocycles. The zero-order valence-electron chi connectivity index (χ0n) is 11.6. The van der Waals surface area contributed by atoms with Crippen molar-refractivity contribution < 1.29 is 4.39 Å². The van der Waals surface area contributed by atoms with Gasteiger partial charge in [0.1, 0.15) is 11.9 Å². The fraction of sp³-hybridized carbons (Fsp3) is 0.562. The van der Waals surface area contributed by atoms with Crippen LogP contribution >= 0.6 is 0 Å². The summed E-state index contributed by atoms with van der Waals surface area (Å²) < 4.78 is 14.1. The average molecular weight is 273 g/mol. The van der Waals surface area contributed by atoms with Crippen LogP contribution in [0.25, 0.3) is 0 Å². The Morgan fingerprint density at radius 2 is 2.20 bits per heavy atom. The lowest BCUT2D eigenvalue weighted by atomic mass is 9.78. The van der Waals surface area contributed by atoms with Crippen molar-refractivity contribution in [2.75, 3.05) is 13.1 Å². The predicted molar refractivity (Wildman–Crippen MR) is 75.2 cm³/mol. The van der Waals surface area contributed by atoms with E-state index < -0.39 is 0 Å². The summed E-state index contributed by atoms with van der Waals surface area (Å²) in [4.78, 5) is 2.29. The Hall–Kier alpha value is -1.44. The molecular weight excluding hydrogens is 253 g/mol. The molecule has 3 unspecified atom stereocenters. The van der Waals surface area contributed by atoms with Gasteiger partial charge in [0, 0.05) is 31.2 Å². The van der Waals surface area contributed by atoms with Gasteiger partial charge in [-0.05, 0) is 30.7 Å². The topological polar surface area (TPSA) is 53.0 Å². The van der Waals surface area contributed by atoms with Crippen LogP contribution in [0.1, 0.15) is 30.4 Å². The quantitative estimate of drug-likeness (QED) is 0.899. The van der Waals surface area contributed by atoms with E-state index in [-0.39, 0.29) is 11.4 Å². The van der Waals surface area contributed by atoms with Gasteiger partial charge < -0.3 is 5.73 Å². The standard InChI is InChI=1S/C16H20FN3/c17-16-11(7-18)3-1-5-13(16)9-20-8-12-4-2-6-15(19)14(12)10-20/h1,3,5,12,14-15H,2,4,6,8-10,19H2. The van der Waals surface area contributed by atoms with Crippen molar-refractivity contribution in [1.82, 2.24) is 4.90 Å². The van der Waals surface area contributed by atoms with Gasteiger partial charge in [-0.1, -0.05) is 18.6 Å². The molecule has 1 aliphatic carbocycles. The minimum atomic E-state index is -0.367.